The molecule has 2 N–H and O–H groups in total. The summed E-state index contributed by atoms with van der Waals surface area (Å²) in [5, 5.41) is 3.53. The number of H-pyrrole nitrogens is 1. The predicted molar refractivity (Wildman–Crippen MR) is 65.8 cm³/mol. The normalized spacial score (nSPS) is 13.3. The SMILES string of the molecule is CC(C)CCCC(C)NCc1ccc[nH]1. The van der Waals surface area contributed by atoms with E-state index in [1.807, 2.05) is 12.3 Å². The largest absolute Gasteiger partial charge is 0.364 e. The minimum atomic E-state index is 0.618. The Hall–Kier alpha value is -0.760. The van der Waals surface area contributed by atoms with E-state index < -0.39 is 0 Å². The average molecular weight is 208 g/mol. The van der Waals surface area contributed by atoms with Crippen LogP contribution in [0.15, 0.2) is 18.3 Å². The van der Waals surface area contributed by atoms with Crippen molar-refractivity contribution in [2.45, 2.75) is 52.6 Å². The van der Waals surface area contributed by atoms with Crippen molar-refractivity contribution in [2.24, 2.45) is 5.92 Å². The van der Waals surface area contributed by atoms with Crippen LogP contribution in [0.4, 0.5) is 0 Å². The summed E-state index contributed by atoms with van der Waals surface area (Å²) in [7, 11) is 0. The van der Waals surface area contributed by atoms with Gasteiger partial charge in [0, 0.05) is 24.5 Å². The second kappa shape index (κ2) is 6.67. The highest BCUT2D eigenvalue weighted by Gasteiger charge is 2.02. The maximum atomic E-state index is 3.53. The Morgan fingerprint density at radius 2 is 2.07 bits per heavy atom. The van der Waals surface area contributed by atoms with E-state index in [1.54, 1.807) is 0 Å². The molecule has 0 fully saturated rings. The number of aromatic nitrogens is 1. The summed E-state index contributed by atoms with van der Waals surface area (Å²) < 4.78 is 0. The summed E-state index contributed by atoms with van der Waals surface area (Å²) in [6.07, 6.45) is 5.92. The Kier molecular flexibility index (Phi) is 5.48. The molecule has 1 atom stereocenters. The van der Waals surface area contributed by atoms with E-state index in [0.29, 0.717) is 6.04 Å². The molecule has 0 aliphatic rings. The van der Waals surface area contributed by atoms with Crippen LogP contribution >= 0.6 is 0 Å². The van der Waals surface area contributed by atoms with Crippen molar-refractivity contribution in [3.05, 3.63) is 24.0 Å². The minimum absolute atomic E-state index is 0.618. The van der Waals surface area contributed by atoms with Gasteiger partial charge in [-0.25, -0.2) is 0 Å². The molecular weight excluding hydrogens is 184 g/mol. The third-order valence-corrected chi connectivity index (χ3v) is 2.72. The Balaban J connectivity index is 2.06. The van der Waals surface area contributed by atoms with Gasteiger partial charge in [-0.3, -0.25) is 0 Å². The van der Waals surface area contributed by atoms with Crippen molar-refractivity contribution in [3.8, 4) is 0 Å². The smallest absolute Gasteiger partial charge is 0.0359 e. The molecule has 0 saturated carbocycles. The van der Waals surface area contributed by atoms with E-state index >= 15 is 0 Å². The lowest BCUT2D eigenvalue weighted by Gasteiger charge is -2.13. The fourth-order valence-electron chi connectivity index (χ4n) is 1.70. The molecular formula is C13H24N2. The van der Waals surface area contributed by atoms with Crippen LogP contribution in [0, 0.1) is 5.92 Å². The van der Waals surface area contributed by atoms with Crippen molar-refractivity contribution in [2.75, 3.05) is 0 Å². The van der Waals surface area contributed by atoms with Gasteiger partial charge in [0.05, 0.1) is 0 Å². The van der Waals surface area contributed by atoms with Gasteiger partial charge in [0.2, 0.25) is 0 Å². The molecule has 86 valence electrons. The summed E-state index contributed by atoms with van der Waals surface area (Å²) in [6, 6.07) is 4.78. The number of nitrogens with one attached hydrogen (secondary N) is 2. The number of aromatic amines is 1. The molecule has 0 aliphatic heterocycles. The lowest BCUT2D eigenvalue weighted by atomic mass is 10.0. The first-order chi connectivity index (χ1) is 7.18. The van der Waals surface area contributed by atoms with E-state index in [0.717, 1.165) is 12.5 Å². The molecule has 0 aromatic carbocycles. The second-order valence-electron chi connectivity index (χ2n) is 4.80. The van der Waals surface area contributed by atoms with Crippen LogP contribution in [0.2, 0.25) is 0 Å². The highest BCUT2D eigenvalue weighted by molar-refractivity contribution is 5.02. The fraction of sp³-hybridized carbons (Fsp3) is 0.692. The third kappa shape index (κ3) is 5.63. The summed E-state index contributed by atoms with van der Waals surface area (Å²) in [5.74, 6) is 0.834. The molecule has 0 aliphatic carbocycles. The van der Waals surface area contributed by atoms with Crippen LogP contribution in [0.1, 0.15) is 45.7 Å². The average Bonchev–Trinajstić information content (AvgIpc) is 2.66. The Bertz CT molecular complexity index is 239. The molecule has 1 rings (SSSR count). The van der Waals surface area contributed by atoms with Crippen LogP contribution in [0.25, 0.3) is 0 Å². The van der Waals surface area contributed by atoms with Gasteiger partial charge in [-0.15, -0.1) is 0 Å². The minimum Gasteiger partial charge on any atom is -0.364 e. The summed E-state index contributed by atoms with van der Waals surface area (Å²) >= 11 is 0. The van der Waals surface area contributed by atoms with E-state index in [2.05, 4.69) is 37.1 Å². The van der Waals surface area contributed by atoms with E-state index in [9.17, 15) is 0 Å². The molecule has 2 nitrogen and oxygen atoms in total. The molecule has 0 radical (unpaired) electrons. The molecule has 1 heterocycles. The first kappa shape index (κ1) is 12.3. The van der Waals surface area contributed by atoms with E-state index in [-0.39, 0.29) is 0 Å². The van der Waals surface area contributed by atoms with Gasteiger partial charge in [0.1, 0.15) is 0 Å². The van der Waals surface area contributed by atoms with Gasteiger partial charge >= 0.3 is 0 Å². The summed E-state index contributed by atoms with van der Waals surface area (Å²) in [6.45, 7) is 7.80. The van der Waals surface area contributed by atoms with Crippen molar-refractivity contribution in [3.63, 3.8) is 0 Å². The predicted octanol–water partition coefficient (Wildman–Crippen LogP) is 3.32. The standard InChI is InChI=1S/C13H24N2/c1-11(2)6-4-7-12(3)15-10-13-8-5-9-14-13/h5,8-9,11-12,14-15H,4,6-7,10H2,1-3H3. The highest BCUT2D eigenvalue weighted by Crippen LogP contribution is 2.08. The molecule has 1 aromatic rings. The fourth-order valence-corrected chi connectivity index (χ4v) is 1.70. The maximum Gasteiger partial charge on any atom is 0.0359 e. The molecule has 2 heteroatoms. The first-order valence-electron chi connectivity index (χ1n) is 6.04. The second-order valence-corrected chi connectivity index (χ2v) is 4.80. The lowest BCUT2D eigenvalue weighted by Crippen LogP contribution is -2.25. The van der Waals surface area contributed by atoms with Crippen molar-refractivity contribution in [1.29, 1.82) is 0 Å². The molecule has 0 spiro atoms. The highest BCUT2D eigenvalue weighted by atomic mass is 14.9. The number of rotatable bonds is 7. The van der Waals surface area contributed by atoms with E-state index in [1.165, 1.54) is 25.0 Å². The summed E-state index contributed by atoms with van der Waals surface area (Å²) in [4.78, 5) is 3.20. The van der Waals surface area contributed by atoms with Crippen molar-refractivity contribution >= 4 is 0 Å². The molecule has 1 aromatic heterocycles. The van der Waals surface area contributed by atoms with Gasteiger partial charge in [0.15, 0.2) is 0 Å². The molecule has 1 unspecified atom stereocenters. The van der Waals surface area contributed by atoms with Crippen LogP contribution in [0.3, 0.4) is 0 Å². The number of hydrogen-bond donors (Lipinski definition) is 2. The molecule has 0 saturated heterocycles. The van der Waals surface area contributed by atoms with Crippen LogP contribution in [0.5, 0.6) is 0 Å². The Morgan fingerprint density at radius 3 is 2.67 bits per heavy atom. The van der Waals surface area contributed by atoms with Gasteiger partial charge in [-0.05, 0) is 31.4 Å². The first-order valence-corrected chi connectivity index (χ1v) is 6.04. The zero-order valence-corrected chi connectivity index (χ0v) is 10.2. The van der Waals surface area contributed by atoms with Gasteiger partial charge in [-0.1, -0.05) is 26.7 Å². The van der Waals surface area contributed by atoms with E-state index in [4.69, 9.17) is 0 Å². The maximum absolute atomic E-state index is 3.53. The zero-order valence-electron chi connectivity index (χ0n) is 10.2. The van der Waals surface area contributed by atoms with Crippen LogP contribution < -0.4 is 5.32 Å². The van der Waals surface area contributed by atoms with Crippen molar-refractivity contribution in [1.82, 2.24) is 10.3 Å². The monoisotopic (exact) mass is 208 g/mol. The quantitative estimate of drug-likeness (QED) is 0.707. The molecule has 15 heavy (non-hydrogen) atoms. The van der Waals surface area contributed by atoms with Gasteiger partial charge in [-0.2, -0.15) is 0 Å². The third-order valence-electron chi connectivity index (χ3n) is 2.72. The van der Waals surface area contributed by atoms with Crippen molar-refractivity contribution < 1.29 is 0 Å². The van der Waals surface area contributed by atoms with Gasteiger partial charge in [0.25, 0.3) is 0 Å². The number of hydrogen-bond acceptors (Lipinski definition) is 1. The Labute approximate surface area is 93.5 Å². The van der Waals surface area contributed by atoms with Crippen LogP contribution in [-0.2, 0) is 6.54 Å². The topological polar surface area (TPSA) is 27.8 Å². The Morgan fingerprint density at radius 1 is 1.27 bits per heavy atom. The summed E-state index contributed by atoms with van der Waals surface area (Å²) in [5.41, 5.74) is 1.27. The molecule has 0 bridgehead atoms. The zero-order chi connectivity index (χ0) is 11.1. The molecule has 0 amide bonds. The lowest BCUT2D eigenvalue weighted by molar-refractivity contribution is 0.455. The van der Waals surface area contributed by atoms with Gasteiger partial charge < -0.3 is 10.3 Å². The van der Waals surface area contributed by atoms with Crippen LogP contribution in [-0.4, -0.2) is 11.0 Å².